The molecule has 0 bridgehead atoms. The van der Waals surface area contributed by atoms with Crippen LogP contribution < -0.4 is 5.32 Å². The second-order valence-corrected chi connectivity index (χ2v) is 4.09. The minimum Gasteiger partial charge on any atom is -0.372 e. The Bertz CT molecular complexity index is 523. The van der Waals surface area contributed by atoms with E-state index in [2.05, 4.69) is 10.4 Å². The number of ether oxygens (including phenoxy) is 1. The molecule has 1 N–H and O–H groups in total. The molecule has 2 aromatic rings. The van der Waals surface area contributed by atoms with Crippen LogP contribution in [0.5, 0.6) is 0 Å². The molecule has 0 aliphatic carbocycles. The summed E-state index contributed by atoms with van der Waals surface area (Å²) in [4.78, 5) is 11.5. The molecule has 0 spiro atoms. The summed E-state index contributed by atoms with van der Waals surface area (Å²) >= 11 is 0. The summed E-state index contributed by atoms with van der Waals surface area (Å²) in [6, 6.07) is 9.59. The smallest absolute Gasteiger partial charge is 0.250 e. The summed E-state index contributed by atoms with van der Waals surface area (Å²) in [6.07, 6.45) is 3.65. The van der Waals surface area contributed by atoms with Crippen molar-refractivity contribution in [2.45, 2.75) is 13.5 Å². The minimum atomic E-state index is -0.141. The lowest BCUT2D eigenvalue weighted by atomic mass is 10.2. The van der Waals surface area contributed by atoms with Gasteiger partial charge in [0.1, 0.15) is 6.61 Å². The van der Waals surface area contributed by atoms with Crippen LogP contribution in [0.4, 0.5) is 5.69 Å². The molecule has 100 valence electrons. The molecule has 0 aliphatic rings. The number of nitrogens with one attached hydrogen (secondary N) is 1. The van der Waals surface area contributed by atoms with Crippen LogP contribution in [0.3, 0.4) is 0 Å². The largest absolute Gasteiger partial charge is 0.372 e. The molecule has 0 saturated heterocycles. The lowest BCUT2D eigenvalue weighted by Gasteiger charge is -2.07. The monoisotopic (exact) mass is 259 g/mol. The van der Waals surface area contributed by atoms with Crippen molar-refractivity contribution >= 4 is 11.6 Å². The third-order valence-corrected chi connectivity index (χ3v) is 2.55. The first-order valence-electron chi connectivity index (χ1n) is 6.22. The second kappa shape index (κ2) is 6.70. The number of hydrogen-bond donors (Lipinski definition) is 1. The highest BCUT2D eigenvalue weighted by atomic mass is 16.5. The van der Waals surface area contributed by atoms with Crippen LogP contribution >= 0.6 is 0 Å². The van der Waals surface area contributed by atoms with E-state index >= 15 is 0 Å². The Balaban J connectivity index is 1.97. The normalized spacial score (nSPS) is 10.4. The first-order chi connectivity index (χ1) is 9.28. The number of hydrogen-bond acceptors (Lipinski definition) is 3. The van der Waals surface area contributed by atoms with E-state index in [9.17, 15) is 4.79 Å². The van der Waals surface area contributed by atoms with Crippen LogP contribution in [0.1, 0.15) is 12.5 Å². The van der Waals surface area contributed by atoms with Gasteiger partial charge in [-0.1, -0.05) is 12.1 Å². The standard InChI is InChI=1S/C14H17N3O2/c1-2-19-11-14(18)16-13-6-3-5-12(9-13)10-17-8-4-7-15-17/h3-9H,2,10-11H2,1H3,(H,16,18). The molecule has 1 aromatic carbocycles. The van der Waals surface area contributed by atoms with Gasteiger partial charge in [-0.25, -0.2) is 0 Å². The second-order valence-electron chi connectivity index (χ2n) is 4.09. The molecular formula is C14H17N3O2. The maximum atomic E-state index is 11.5. The van der Waals surface area contributed by atoms with Crippen LogP contribution in [-0.4, -0.2) is 28.9 Å². The fourth-order valence-electron chi connectivity index (χ4n) is 1.72. The third kappa shape index (κ3) is 4.22. The highest BCUT2D eigenvalue weighted by molar-refractivity contribution is 5.91. The first-order valence-corrected chi connectivity index (χ1v) is 6.22. The van der Waals surface area contributed by atoms with Gasteiger partial charge in [0.05, 0.1) is 6.54 Å². The first kappa shape index (κ1) is 13.3. The maximum absolute atomic E-state index is 11.5. The highest BCUT2D eigenvalue weighted by Crippen LogP contribution is 2.11. The van der Waals surface area contributed by atoms with E-state index < -0.39 is 0 Å². The van der Waals surface area contributed by atoms with Gasteiger partial charge in [-0.2, -0.15) is 5.10 Å². The zero-order valence-corrected chi connectivity index (χ0v) is 10.9. The predicted molar refractivity (Wildman–Crippen MR) is 72.9 cm³/mol. The van der Waals surface area contributed by atoms with Gasteiger partial charge in [0.2, 0.25) is 5.91 Å². The Labute approximate surface area is 112 Å². The Kier molecular flexibility index (Phi) is 4.69. The van der Waals surface area contributed by atoms with E-state index in [1.165, 1.54) is 0 Å². The Hall–Kier alpha value is -2.14. The average molecular weight is 259 g/mol. The van der Waals surface area contributed by atoms with Gasteiger partial charge in [0.25, 0.3) is 0 Å². The molecule has 19 heavy (non-hydrogen) atoms. The summed E-state index contributed by atoms with van der Waals surface area (Å²) in [5.41, 5.74) is 1.85. The van der Waals surface area contributed by atoms with Gasteiger partial charge in [0, 0.05) is 24.7 Å². The highest BCUT2D eigenvalue weighted by Gasteiger charge is 2.03. The summed E-state index contributed by atoms with van der Waals surface area (Å²) in [7, 11) is 0. The zero-order valence-electron chi connectivity index (χ0n) is 10.9. The number of nitrogens with zero attached hydrogens (tertiary/aromatic N) is 2. The van der Waals surface area contributed by atoms with Crippen LogP contribution in [0.15, 0.2) is 42.7 Å². The molecule has 0 aliphatic heterocycles. The number of anilines is 1. The van der Waals surface area contributed by atoms with E-state index in [4.69, 9.17) is 4.74 Å². The van der Waals surface area contributed by atoms with E-state index in [-0.39, 0.29) is 12.5 Å². The molecule has 1 amide bonds. The van der Waals surface area contributed by atoms with E-state index in [1.807, 2.05) is 48.1 Å². The minimum absolute atomic E-state index is 0.0832. The summed E-state index contributed by atoms with van der Waals surface area (Å²) in [5.74, 6) is -0.141. The molecule has 1 aromatic heterocycles. The lowest BCUT2D eigenvalue weighted by Crippen LogP contribution is -2.18. The molecule has 0 saturated carbocycles. The molecule has 5 nitrogen and oxygen atoms in total. The maximum Gasteiger partial charge on any atom is 0.250 e. The van der Waals surface area contributed by atoms with Gasteiger partial charge in [-0.3, -0.25) is 9.48 Å². The van der Waals surface area contributed by atoms with Gasteiger partial charge in [-0.15, -0.1) is 0 Å². The molecule has 0 unspecified atom stereocenters. The number of rotatable bonds is 6. The fourth-order valence-corrected chi connectivity index (χ4v) is 1.72. The van der Waals surface area contributed by atoms with Crippen molar-refractivity contribution in [2.24, 2.45) is 0 Å². The molecule has 0 atom stereocenters. The number of carbonyl (C=O) groups is 1. The molecular weight excluding hydrogens is 242 g/mol. The van der Waals surface area contributed by atoms with Crippen LogP contribution in [0, 0.1) is 0 Å². The van der Waals surface area contributed by atoms with Crippen molar-refractivity contribution in [2.75, 3.05) is 18.5 Å². The molecule has 0 radical (unpaired) electrons. The number of benzene rings is 1. The van der Waals surface area contributed by atoms with E-state index in [0.29, 0.717) is 13.2 Å². The Morgan fingerprint density at radius 3 is 3.05 bits per heavy atom. The summed E-state index contributed by atoms with van der Waals surface area (Å²) in [6.45, 7) is 3.16. The molecule has 5 heteroatoms. The van der Waals surface area contributed by atoms with Crippen molar-refractivity contribution in [1.29, 1.82) is 0 Å². The fraction of sp³-hybridized carbons (Fsp3) is 0.286. The van der Waals surface area contributed by atoms with Crippen molar-refractivity contribution in [3.63, 3.8) is 0 Å². The average Bonchev–Trinajstić information content (AvgIpc) is 2.89. The van der Waals surface area contributed by atoms with Crippen molar-refractivity contribution < 1.29 is 9.53 Å². The Morgan fingerprint density at radius 1 is 1.42 bits per heavy atom. The van der Waals surface area contributed by atoms with Gasteiger partial charge < -0.3 is 10.1 Å². The Morgan fingerprint density at radius 2 is 2.32 bits per heavy atom. The summed E-state index contributed by atoms with van der Waals surface area (Å²) < 4.78 is 6.89. The third-order valence-electron chi connectivity index (χ3n) is 2.55. The summed E-state index contributed by atoms with van der Waals surface area (Å²) in [5, 5.41) is 6.96. The van der Waals surface area contributed by atoms with Crippen molar-refractivity contribution in [3.8, 4) is 0 Å². The van der Waals surface area contributed by atoms with Crippen LogP contribution in [0.25, 0.3) is 0 Å². The quantitative estimate of drug-likeness (QED) is 0.862. The molecule has 2 rings (SSSR count). The number of carbonyl (C=O) groups excluding carboxylic acids is 1. The lowest BCUT2D eigenvalue weighted by molar-refractivity contribution is -0.120. The van der Waals surface area contributed by atoms with Gasteiger partial charge in [-0.05, 0) is 30.7 Å². The number of aromatic nitrogens is 2. The zero-order chi connectivity index (χ0) is 13.5. The number of amides is 1. The predicted octanol–water partition coefficient (Wildman–Crippen LogP) is 1.91. The van der Waals surface area contributed by atoms with E-state index in [1.54, 1.807) is 6.20 Å². The molecule has 0 fully saturated rings. The molecule has 1 heterocycles. The topological polar surface area (TPSA) is 56.1 Å². The van der Waals surface area contributed by atoms with Crippen molar-refractivity contribution in [1.82, 2.24) is 9.78 Å². The van der Waals surface area contributed by atoms with Crippen LogP contribution in [0.2, 0.25) is 0 Å². The van der Waals surface area contributed by atoms with Crippen molar-refractivity contribution in [3.05, 3.63) is 48.3 Å². The van der Waals surface area contributed by atoms with Crippen LogP contribution in [-0.2, 0) is 16.1 Å². The van der Waals surface area contributed by atoms with Gasteiger partial charge >= 0.3 is 0 Å². The van der Waals surface area contributed by atoms with E-state index in [0.717, 1.165) is 11.3 Å². The van der Waals surface area contributed by atoms with Gasteiger partial charge in [0.15, 0.2) is 0 Å². The SMILES string of the molecule is CCOCC(=O)Nc1cccc(Cn2cccn2)c1.